The van der Waals surface area contributed by atoms with E-state index in [4.69, 9.17) is 0 Å². The van der Waals surface area contributed by atoms with Crippen LogP contribution >= 0.6 is 0 Å². The fourth-order valence-electron chi connectivity index (χ4n) is 3.12. The number of nitrogens with zero attached hydrogens (tertiary/aromatic N) is 2. The molecule has 0 bridgehead atoms. The summed E-state index contributed by atoms with van der Waals surface area (Å²) >= 11 is 0. The quantitative estimate of drug-likeness (QED) is 0.568. The van der Waals surface area contributed by atoms with E-state index in [1.165, 1.54) is 24.3 Å². The molecular formula is C23H22FN3O3S. The third kappa shape index (κ3) is 4.97. The summed E-state index contributed by atoms with van der Waals surface area (Å²) < 4.78 is 38.3. The standard InChI is InChI=1S/C23H22FN3O3S/c1-4-20(23(28)25-14-16-7-6-8-19(13-16)31(3,29)30)21-15-26-27(22(21)5-2)18-11-9-17(24)10-12-18/h4-13,15H,2,14H2,1,3H3,(H,25,28)/b20-4+. The molecule has 0 spiro atoms. The smallest absolute Gasteiger partial charge is 0.251 e. The van der Waals surface area contributed by atoms with Crippen LogP contribution in [0.1, 0.15) is 23.7 Å². The number of amides is 1. The van der Waals surface area contributed by atoms with Crippen LogP contribution in [0.5, 0.6) is 0 Å². The third-order valence-corrected chi connectivity index (χ3v) is 5.78. The fraction of sp³-hybridized carbons (Fsp3) is 0.130. The minimum Gasteiger partial charge on any atom is -0.348 e. The Bertz CT molecular complexity index is 1260. The van der Waals surface area contributed by atoms with Gasteiger partial charge in [-0.05, 0) is 55.0 Å². The second-order valence-corrected chi connectivity index (χ2v) is 8.86. The highest BCUT2D eigenvalue weighted by Crippen LogP contribution is 2.24. The average Bonchev–Trinajstić information content (AvgIpc) is 3.16. The Labute approximate surface area is 180 Å². The molecular weight excluding hydrogens is 417 g/mol. The summed E-state index contributed by atoms with van der Waals surface area (Å²) in [6, 6.07) is 12.3. The molecule has 6 nitrogen and oxygen atoms in total. The van der Waals surface area contributed by atoms with Gasteiger partial charge in [0.05, 0.1) is 22.5 Å². The molecule has 8 heteroatoms. The first kappa shape index (κ1) is 22.2. The molecule has 0 saturated carbocycles. The van der Waals surface area contributed by atoms with Crippen molar-refractivity contribution in [3.8, 4) is 5.69 Å². The predicted octanol–water partition coefficient (Wildman–Crippen LogP) is 3.78. The molecule has 0 aliphatic rings. The highest BCUT2D eigenvalue weighted by molar-refractivity contribution is 7.90. The lowest BCUT2D eigenvalue weighted by atomic mass is 10.1. The van der Waals surface area contributed by atoms with Crippen LogP contribution in [-0.4, -0.2) is 30.4 Å². The molecule has 31 heavy (non-hydrogen) atoms. The number of hydrogen-bond donors (Lipinski definition) is 1. The molecule has 1 heterocycles. The largest absolute Gasteiger partial charge is 0.348 e. The Morgan fingerprint density at radius 3 is 2.55 bits per heavy atom. The van der Waals surface area contributed by atoms with Gasteiger partial charge >= 0.3 is 0 Å². The minimum absolute atomic E-state index is 0.162. The summed E-state index contributed by atoms with van der Waals surface area (Å²) in [5.74, 6) is -0.696. The molecule has 0 aliphatic carbocycles. The maximum Gasteiger partial charge on any atom is 0.251 e. The van der Waals surface area contributed by atoms with Gasteiger partial charge in [-0.25, -0.2) is 17.5 Å². The zero-order valence-electron chi connectivity index (χ0n) is 17.2. The Morgan fingerprint density at radius 2 is 1.94 bits per heavy atom. The van der Waals surface area contributed by atoms with E-state index >= 15 is 0 Å². The summed E-state index contributed by atoms with van der Waals surface area (Å²) in [6.45, 7) is 5.72. The van der Waals surface area contributed by atoms with Crippen molar-refractivity contribution in [1.82, 2.24) is 15.1 Å². The van der Waals surface area contributed by atoms with Crippen LogP contribution in [-0.2, 0) is 21.2 Å². The molecule has 1 N–H and O–H groups in total. The molecule has 1 aromatic heterocycles. The molecule has 3 aromatic rings. The van der Waals surface area contributed by atoms with Crippen molar-refractivity contribution >= 4 is 27.4 Å². The van der Waals surface area contributed by atoms with Gasteiger partial charge in [0.1, 0.15) is 5.82 Å². The Morgan fingerprint density at radius 1 is 1.23 bits per heavy atom. The first-order chi connectivity index (χ1) is 14.7. The van der Waals surface area contributed by atoms with Gasteiger partial charge in [-0.1, -0.05) is 24.8 Å². The zero-order valence-corrected chi connectivity index (χ0v) is 18.0. The van der Waals surface area contributed by atoms with Crippen LogP contribution in [0.2, 0.25) is 0 Å². The van der Waals surface area contributed by atoms with Crippen molar-refractivity contribution in [3.63, 3.8) is 0 Å². The lowest BCUT2D eigenvalue weighted by Gasteiger charge is -2.11. The lowest BCUT2D eigenvalue weighted by molar-refractivity contribution is -0.115. The monoisotopic (exact) mass is 439 g/mol. The number of carbonyl (C=O) groups is 1. The lowest BCUT2D eigenvalue weighted by Crippen LogP contribution is -2.24. The molecule has 0 saturated heterocycles. The summed E-state index contributed by atoms with van der Waals surface area (Å²) in [5.41, 5.74) is 2.86. The van der Waals surface area contributed by atoms with E-state index in [0.717, 1.165) is 6.26 Å². The van der Waals surface area contributed by atoms with Gasteiger partial charge in [-0.2, -0.15) is 5.10 Å². The summed E-state index contributed by atoms with van der Waals surface area (Å²) in [5, 5.41) is 7.14. The molecule has 1 amide bonds. The van der Waals surface area contributed by atoms with Crippen molar-refractivity contribution in [2.24, 2.45) is 0 Å². The summed E-state index contributed by atoms with van der Waals surface area (Å²) in [7, 11) is -3.33. The molecule has 3 rings (SSSR count). The summed E-state index contributed by atoms with van der Waals surface area (Å²) in [6.07, 6.45) is 5.94. The molecule has 0 unspecified atom stereocenters. The van der Waals surface area contributed by atoms with Crippen LogP contribution in [0.3, 0.4) is 0 Å². The van der Waals surface area contributed by atoms with Crippen LogP contribution in [0.25, 0.3) is 17.3 Å². The van der Waals surface area contributed by atoms with Crippen LogP contribution in [0.4, 0.5) is 4.39 Å². The molecule has 0 fully saturated rings. The molecule has 0 aliphatic heterocycles. The van der Waals surface area contributed by atoms with E-state index in [0.29, 0.717) is 28.1 Å². The first-order valence-corrected chi connectivity index (χ1v) is 11.3. The maximum atomic E-state index is 13.2. The number of sulfone groups is 1. The SMILES string of the molecule is C=Cc1c(/C(=C\C)C(=O)NCc2cccc(S(C)(=O)=O)c2)cnn1-c1ccc(F)cc1. The normalized spacial score (nSPS) is 11.9. The number of rotatable bonds is 7. The Kier molecular flexibility index (Phi) is 6.50. The van der Waals surface area contributed by atoms with Gasteiger partial charge < -0.3 is 5.32 Å². The number of aromatic nitrogens is 2. The van der Waals surface area contributed by atoms with Crippen molar-refractivity contribution in [2.75, 3.05) is 6.26 Å². The van der Waals surface area contributed by atoms with Gasteiger partial charge in [0.15, 0.2) is 9.84 Å². The number of nitrogens with one attached hydrogen (secondary N) is 1. The van der Waals surface area contributed by atoms with E-state index in [2.05, 4.69) is 17.0 Å². The van der Waals surface area contributed by atoms with Crippen molar-refractivity contribution in [1.29, 1.82) is 0 Å². The van der Waals surface area contributed by atoms with Crippen molar-refractivity contribution in [2.45, 2.75) is 18.4 Å². The molecule has 0 radical (unpaired) electrons. The number of benzene rings is 2. The van der Waals surface area contributed by atoms with Gasteiger partial charge in [0.25, 0.3) is 5.91 Å². The minimum atomic E-state index is -3.33. The van der Waals surface area contributed by atoms with E-state index < -0.39 is 9.84 Å². The van der Waals surface area contributed by atoms with Gasteiger partial charge in [-0.3, -0.25) is 4.79 Å². The number of allylic oxidation sites excluding steroid dienone is 1. The van der Waals surface area contributed by atoms with Crippen LogP contribution in [0.15, 0.2) is 72.3 Å². The van der Waals surface area contributed by atoms with Gasteiger partial charge in [0.2, 0.25) is 0 Å². The molecule has 2 aromatic carbocycles. The highest BCUT2D eigenvalue weighted by Gasteiger charge is 2.19. The molecule has 160 valence electrons. The predicted molar refractivity (Wildman–Crippen MR) is 119 cm³/mol. The van der Waals surface area contributed by atoms with Gasteiger partial charge in [-0.15, -0.1) is 0 Å². The molecule has 0 atom stereocenters. The summed E-state index contributed by atoms with van der Waals surface area (Å²) in [4.78, 5) is 13.1. The number of halogens is 1. The highest BCUT2D eigenvalue weighted by atomic mass is 32.2. The maximum absolute atomic E-state index is 13.2. The van der Waals surface area contributed by atoms with E-state index in [1.807, 2.05) is 0 Å². The third-order valence-electron chi connectivity index (χ3n) is 4.67. The van der Waals surface area contributed by atoms with E-state index in [-0.39, 0.29) is 23.2 Å². The Hall–Kier alpha value is -3.52. The average molecular weight is 440 g/mol. The second-order valence-electron chi connectivity index (χ2n) is 6.84. The van der Waals surface area contributed by atoms with Crippen molar-refractivity contribution in [3.05, 3.63) is 90.0 Å². The number of carbonyl (C=O) groups excluding carboxylic acids is 1. The van der Waals surface area contributed by atoms with Crippen LogP contribution in [0, 0.1) is 5.82 Å². The number of hydrogen-bond acceptors (Lipinski definition) is 4. The second kappa shape index (κ2) is 9.09. The zero-order chi connectivity index (χ0) is 22.6. The Balaban J connectivity index is 1.83. The fourth-order valence-corrected chi connectivity index (χ4v) is 3.81. The van der Waals surface area contributed by atoms with E-state index in [1.54, 1.807) is 54.2 Å². The topological polar surface area (TPSA) is 81.1 Å². The van der Waals surface area contributed by atoms with E-state index in [9.17, 15) is 17.6 Å². The van der Waals surface area contributed by atoms with Crippen LogP contribution < -0.4 is 5.32 Å². The van der Waals surface area contributed by atoms with Gasteiger partial charge in [0, 0.05) is 23.9 Å². The van der Waals surface area contributed by atoms with Crippen molar-refractivity contribution < 1.29 is 17.6 Å². The first-order valence-electron chi connectivity index (χ1n) is 9.45.